The Morgan fingerprint density at radius 2 is 1.06 bits per heavy atom. The van der Waals surface area contributed by atoms with E-state index in [9.17, 15) is 38.2 Å². The molecule has 2 aromatic heterocycles. The first-order chi connectivity index (χ1) is 44.2. The zero-order chi connectivity index (χ0) is 69.6. The number of anilines is 6. The Labute approximate surface area is 429 Å². The van der Waals surface area contributed by atoms with Crippen LogP contribution < -0.4 is 26.2 Å². The van der Waals surface area contributed by atoms with E-state index in [-0.39, 0.29) is 32.8 Å². The molecule has 67 heavy (non-hydrogen) atoms. The summed E-state index contributed by atoms with van der Waals surface area (Å²) in [6.45, 7) is 8.03. The van der Waals surface area contributed by atoms with Gasteiger partial charge in [0, 0.05) is 49.7 Å². The van der Waals surface area contributed by atoms with Crippen molar-refractivity contribution in [3.63, 3.8) is 0 Å². The third-order valence-electron chi connectivity index (χ3n) is 12.7. The molecule has 0 spiro atoms. The smallest absolute Gasteiger partial charge is 0.252 e. The lowest BCUT2D eigenvalue weighted by Gasteiger charge is -2.46. The molecule has 0 saturated carbocycles. The first kappa shape index (κ1) is 19.8. The van der Waals surface area contributed by atoms with Gasteiger partial charge in [0.05, 0.1) is 94.8 Å². The van der Waals surface area contributed by atoms with Crippen LogP contribution in [0.1, 0.15) is 96.6 Å². The molecule has 6 heteroatoms. The van der Waals surface area contributed by atoms with Crippen LogP contribution in [0.5, 0.6) is 0 Å². The van der Waals surface area contributed by atoms with E-state index in [4.69, 9.17) is 5.48 Å². The van der Waals surface area contributed by atoms with Crippen molar-refractivity contribution >= 4 is 112 Å². The van der Waals surface area contributed by atoms with Gasteiger partial charge in [-0.25, -0.2) is 0 Å². The maximum Gasteiger partial charge on any atom is 0.252 e. The number of nitriles is 1. The summed E-state index contributed by atoms with van der Waals surface area (Å²) in [7, 11) is 0. The van der Waals surface area contributed by atoms with Crippen LogP contribution in [0, 0.1) is 11.3 Å². The Morgan fingerprint density at radius 3 is 1.79 bits per heavy atom. The zero-order valence-corrected chi connectivity index (χ0v) is 36.3. The second-order valence-electron chi connectivity index (χ2n) is 18.7. The van der Waals surface area contributed by atoms with E-state index in [1.807, 2.05) is 6.07 Å². The van der Waals surface area contributed by atoms with Gasteiger partial charge in [0.2, 0.25) is 0 Å². The Bertz CT molecular complexity index is 5620. The highest BCUT2D eigenvalue weighted by Crippen LogP contribution is 2.53. The quantitative estimate of drug-likeness (QED) is 0.162. The first-order valence-corrected chi connectivity index (χ1v) is 21.3. The summed E-state index contributed by atoms with van der Waals surface area (Å²) in [5.74, 6) is 0. The lowest BCUT2D eigenvalue weighted by Crippen LogP contribution is -2.61. The van der Waals surface area contributed by atoms with Crippen molar-refractivity contribution in [2.75, 3.05) is 9.80 Å². The topological polar surface area (TPSA) is 40.1 Å². The maximum absolute atomic E-state index is 11.4. The summed E-state index contributed by atoms with van der Waals surface area (Å²) in [5, 5.41) is 8.74. The highest BCUT2D eigenvalue weighted by molar-refractivity contribution is 7.00. The van der Waals surface area contributed by atoms with Gasteiger partial charge in [-0.1, -0.05) is 138 Å². The molecule has 0 N–H and O–H groups in total. The van der Waals surface area contributed by atoms with Crippen LogP contribution in [0.15, 0.2) is 169 Å². The molecule has 0 fully saturated rings. The van der Waals surface area contributed by atoms with Gasteiger partial charge < -0.3 is 18.9 Å². The second-order valence-corrected chi connectivity index (χ2v) is 18.7. The predicted molar refractivity (Wildman–Crippen MR) is 282 cm³/mol. The van der Waals surface area contributed by atoms with Gasteiger partial charge in [0.15, 0.2) is 0 Å². The number of hydrogen-bond donors (Lipinski definition) is 0. The van der Waals surface area contributed by atoms with Crippen LogP contribution >= 0.6 is 0 Å². The van der Waals surface area contributed by atoms with Gasteiger partial charge in [-0.15, -0.1) is 0 Å². The molecule has 5 heterocycles. The molecular formula is C61H46BN5. The fourth-order valence-corrected chi connectivity index (χ4v) is 9.68. The predicted octanol–water partition coefficient (Wildman–Crippen LogP) is 13.9. The molecule has 0 aliphatic carbocycles. The normalized spacial score (nSPS) is 19.6. The van der Waals surface area contributed by atoms with Crippen molar-refractivity contribution in [1.29, 1.82) is 5.26 Å². The largest absolute Gasteiger partial charge is 0.311 e. The fraction of sp³-hybridized carbons (Fsp3) is 0.131. The van der Waals surface area contributed by atoms with E-state index in [0.717, 1.165) is 18.9 Å². The highest BCUT2D eigenvalue weighted by atomic mass is 15.2. The first-order valence-electron chi connectivity index (χ1n) is 35.3. The Hall–Kier alpha value is -8.01. The van der Waals surface area contributed by atoms with E-state index in [0.29, 0.717) is 0 Å². The summed E-state index contributed by atoms with van der Waals surface area (Å²) in [6.07, 6.45) is 0. The van der Waals surface area contributed by atoms with Gasteiger partial charge in [-0.05, 0) is 116 Å². The van der Waals surface area contributed by atoms with Crippen LogP contribution in [0.25, 0.3) is 65.8 Å². The van der Waals surface area contributed by atoms with Crippen molar-refractivity contribution in [3.05, 3.63) is 186 Å². The molecule has 0 atom stereocenters. The number of rotatable bonds is 2. The lowest BCUT2D eigenvalue weighted by atomic mass is 9.33. The molecule has 3 aliphatic rings. The molecular weight excluding hydrogens is 814 g/mol. The Morgan fingerprint density at radius 1 is 0.463 bits per heavy atom. The zero-order valence-electron chi connectivity index (χ0n) is 64.3. The molecule has 9 aromatic carbocycles. The number of nitrogens with zero attached hydrogens (tertiary/aromatic N) is 5. The van der Waals surface area contributed by atoms with Gasteiger partial charge in [-0.3, -0.25) is 0 Å². The van der Waals surface area contributed by atoms with Gasteiger partial charge in [-0.2, -0.15) is 5.26 Å². The molecule has 3 aliphatic heterocycles. The van der Waals surface area contributed by atoms with Crippen LogP contribution in [0.4, 0.5) is 34.1 Å². The molecule has 0 unspecified atom stereocenters. The molecule has 0 saturated heterocycles. The molecule has 318 valence electrons. The van der Waals surface area contributed by atoms with Crippen LogP contribution in [-0.4, -0.2) is 15.8 Å². The van der Waals surface area contributed by atoms with Crippen LogP contribution in [0.3, 0.4) is 0 Å². The Balaban J connectivity index is 1.30. The second kappa shape index (κ2) is 13.1. The highest BCUT2D eigenvalue weighted by Gasteiger charge is 2.46. The minimum absolute atomic E-state index is 0.00436. The van der Waals surface area contributed by atoms with Crippen molar-refractivity contribution in [2.45, 2.75) is 52.4 Å². The third-order valence-corrected chi connectivity index (χ3v) is 12.7. The van der Waals surface area contributed by atoms with E-state index >= 15 is 0 Å². The number of benzene rings is 9. The van der Waals surface area contributed by atoms with Crippen molar-refractivity contribution in [3.8, 4) is 17.4 Å². The SMILES string of the molecule is [2H]c1c([2H])c2c3c(c1[2H])-n1c4c([2H])c([2H])c([2H])c([2H])c4c4c([2H])c([2H])c([2H])c(c41)N3c1c([2H])c(C#N)c([2H])c3c1B2c1c([2H])c([2H])c(-n2c4c([2H])c([2H])c(C(C)(C)C)c([2H])c4c4c([2H])c(C(C)(C)C)c([2H])c([2H])c42)c([2H])c1N3c1c([2H])c([2H])c([2H])c2c([2H])c([2H])c([2H])c([2H])c12. The molecule has 0 radical (unpaired) electrons. The average molecular weight is 888 g/mol. The van der Waals surface area contributed by atoms with Crippen molar-refractivity contribution in [1.82, 2.24) is 9.13 Å². The number of hydrogen-bond acceptors (Lipinski definition) is 3. The lowest BCUT2D eigenvalue weighted by molar-refractivity contribution is 0.590. The summed E-state index contributed by atoms with van der Waals surface area (Å²) in [6, 6.07) is -21.4. The van der Waals surface area contributed by atoms with E-state index < -0.39 is 287 Å². The van der Waals surface area contributed by atoms with Gasteiger partial charge >= 0.3 is 0 Å². The number of fused-ring (bicyclic) bond motifs is 13. The number of para-hydroxylation sites is 3. The van der Waals surface area contributed by atoms with Crippen molar-refractivity contribution < 1.29 is 38.4 Å². The van der Waals surface area contributed by atoms with Crippen LogP contribution in [-0.2, 0) is 10.8 Å². The summed E-state index contributed by atoms with van der Waals surface area (Å²) >= 11 is 0. The van der Waals surface area contributed by atoms with Crippen LogP contribution in [0.2, 0.25) is 0 Å². The maximum atomic E-state index is 11.4. The fourth-order valence-electron chi connectivity index (χ4n) is 9.68. The molecule has 11 aromatic rings. The van der Waals surface area contributed by atoms with E-state index in [1.165, 1.54) is 0 Å². The average Bonchev–Trinajstić information content (AvgIpc) is 1.64. The molecule has 0 amide bonds. The minimum Gasteiger partial charge on any atom is -0.311 e. The minimum atomic E-state index is -2.06. The molecule has 0 bridgehead atoms. The summed E-state index contributed by atoms with van der Waals surface area (Å²) in [4.78, 5) is 1.86. The van der Waals surface area contributed by atoms with E-state index in [2.05, 4.69) is 0 Å². The number of aromatic nitrogens is 2. The Kier molecular flexibility index (Phi) is 3.88. The summed E-state index contributed by atoms with van der Waals surface area (Å²) in [5.41, 5.74) is -11.6. The standard InChI is InChI=1S/C61H46BN5/c1-60(2,3)38-24-28-50-44(32-38)45-33-39(61(4,5)6)25-29-51(45)64(50)40-26-27-46-54(34-40)65(48-21-11-15-37-14-7-8-16-41(37)48)55-30-36(35-63)31-56-57(55)62(46)47-19-13-23-53-59(47)67(56)52-22-12-18-43-42-17-9-10-20-49(42)66(53)58(43)52/h7-34H,1-6H3/i7D,8D,9D,10D,11D,12D,13D,14D,15D,16D,17D,18D,19D,20D,21D,22D,23D,24D,25D,26D,27D,28D,29D,30D,31D,32D,33D,34D. The summed E-state index contributed by atoms with van der Waals surface area (Å²) < 4.78 is 273. The van der Waals surface area contributed by atoms with E-state index in [1.54, 1.807) is 41.5 Å². The molecule has 14 rings (SSSR count). The van der Waals surface area contributed by atoms with Gasteiger partial charge in [0.25, 0.3) is 6.71 Å². The monoisotopic (exact) mass is 888 g/mol. The van der Waals surface area contributed by atoms with Gasteiger partial charge in [0.1, 0.15) is 0 Å². The third kappa shape index (κ3) is 5.09. The van der Waals surface area contributed by atoms with Crippen molar-refractivity contribution in [2.24, 2.45) is 0 Å². The molecule has 5 nitrogen and oxygen atoms in total.